The number of carbonyl (C=O) groups is 4. The average Bonchev–Trinajstić information content (AvgIpc) is 3.11. The molecule has 0 radical (unpaired) electrons. The summed E-state index contributed by atoms with van der Waals surface area (Å²) in [6.45, 7) is 4.05. The van der Waals surface area contributed by atoms with Gasteiger partial charge >= 0.3 is 18.0 Å². The quantitative estimate of drug-likeness (QED) is 0.599. The lowest BCUT2D eigenvalue weighted by atomic mass is 10.0. The van der Waals surface area contributed by atoms with E-state index < -0.39 is 29.9 Å². The van der Waals surface area contributed by atoms with Crippen LogP contribution in [-0.4, -0.2) is 61.1 Å². The van der Waals surface area contributed by atoms with Crippen LogP contribution in [0.15, 0.2) is 41.6 Å². The van der Waals surface area contributed by atoms with Gasteiger partial charge in [0.15, 0.2) is 0 Å². The van der Waals surface area contributed by atoms with E-state index in [1.165, 1.54) is 0 Å². The molecular formula is C22H27N3O6. The molecule has 9 nitrogen and oxygen atoms in total. The summed E-state index contributed by atoms with van der Waals surface area (Å²) < 4.78 is 10.4. The maximum atomic E-state index is 12.6. The number of likely N-dealkylation sites (tertiary alicyclic amines) is 1. The topological polar surface area (TPSA) is 114 Å². The Hall–Kier alpha value is -3.36. The van der Waals surface area contributed by atoms with Crippen LogP contribution in [0.1, 0.15) is 25.8 Å². The average molecular weight is 429 g/mol. The van der Waals surface area contributed by atoms with Crippen LogP contribution in [0, 0.1) is 5.92 Å². The highest BCUT2D eigenvalue weighted by atomic mass is 16.5. The van der Waals surface area contributed by atoms with Crippen LogP contribution in [0.25, 0.3) is 0 Å². The van der Waals surface area contributed by atoms with Crippen molar-refractivity contribution in [3.63, 3.8) is 0 Å². The first-order chi connectivity index (χ1) is 14.9. The Morgan fingerprint density at radius 1 is 1.16 bits per heavy atom. The summed E-state index contributed by atoms with van der Waals surface area (Å²) in [7, 11) is 0. The van der Waals surface area contributed by atoms with Gasteiger partial charge < -0.3 is 25.0 Å². The van der Waals surface area contributed by atoms with Crippen LogP contribution >= 0.6 is 0 Å². The Morgan fingerprint density at radius 3 is 2.61 bits per heavy atom. The zero-order valence-electron chi connectivity index (χ0n) is 17.7. The van der Waals surface area contributed by atoms with Gasteiger partial charge in [-0.25, -0.2) is 9.59 Å². The van der Waals surface area contributed by atoms with E-state index in [0.29, 0.717) is 19.5 Å². The number of nitrogens with zero attached hydrogens (tertiary/aromatic N) is 1. The minimum atomic E-state index is -0.586. The van der Waals surface area contributed by atoms with Crippen molar-refractivity contribution in [2.45, 2.75) is 32.7 Å². The Bertz CT molecular complexity index is 882. The van der Waals surface area contributed by atoms with Gasteiger partial charge in [0.25, 0.3) is 0 Å². The zero-order valence-corrected chi connectivity index (χ0v) is 17.7. The second kappa shape index (κ2) is 10.1. The fourth-order valence-electron chi connectivity index (χ4n) is 3.71. The molecule has 0 aliphatic carbocycles. The predicted molar refractivity (Wildman–Crippen MR) is 111 cm³/mol. The van der Waals surface area contributed by atoms with Crippen LogP contribution in [-0.2, 0) is 30.3 Å². The van der Waals surface area contributed by atoms with E-state index in [0.717, 1.165) is 5.56 Å². The van der Waals surface area contributed by atoms with Gasteiger partial charge in [-0.1, -0.05) is 30.3 Å². The van der Waals surface area contributed by atoms with E-state index in [-0.39, 0.29) is 36.8 Å². The molecule has 0 saturated carbocycles. The summed E-state index contributed by atoms with van der Waals surface area (Å²) in [6, 6.07) is 8.75. The molecule has 31 heavy (non-hydrogen) atoms. The Balaban J connectivity index is 1.58. The molecule has 2 heterocycles. The molecule has 2 aliphatic heterocycles. The van der Waals surface area contributed by atoms with E-state index in [2.05, 4.69) is 10.6 Å². The molecule has 0 bridgehead atoms. The van der Waals surface area contributed by atoms with Crippen molar-refractivity contribution in [2.75, 3.05) is 26.3 Å². The van der Waals surface area contributed by atoms with E-state index in [1.54, 1.807) is 18.7 Å². The second-order valence-corrected chi connectivity index (χ2v) is 7.52. The van der Waals surface area contributed by atoms with Crippen molar-refractivity contribution in [3.8, 4) is 0 Å². The number of amides is 3. The third-order valence-electron chi connectivity index (χ3n) is 5.29. The molecule has 0 spiro atoms. The van der Waals surface area contributed by atoms with Crippen LogP contribution < -0.4 is 10.6 Å². The molecule has 2 N–H and O–H groups in total. The minimum absolute atomic E-state index is 0.0850. The van der Waals surface area contributed by atoms with Gasteiger partial charge in [-0.05, 0) is 25.8 Å². The van der Waals surface area contributed by atoms with E-state index in [9.17, 15) is 19.2 Å². The molecule has 2 aliphatic rings. The molecule has 1 saturated heterocycles. The van der Waals surface area contributed by atoms with Crippen molar-refractivity contribution >= 4 is 23.9 Å². The highest BCUT2D eigenvalue weighted by Gasteiger charge is 2.36. The number of rotatable bonds is 8. The van der Waals surface area contributed by atoms with Crippen LogP contribution in [0.4, 0.5) is 4.79 Å². The molecule has 0 aromatic heterocycles. The third-order valence-corrected chi connectivity index (χ3v) is 5.29. The van der Waals surface area contributed by atoms with E-state index in [4.69, 9.17) is 9.47 Å². The van der Waals surface area contributed by atoms with Crippen LogP contribution in [0.2, 0.25) is 0 Å². The lowest BCUT2D eigenvalue weighted by Crippen LogP contribution is -2.50. The van der Waals surface area contributed by atoms with Gasteiger partial charge in [0.05, 0.1) is 29.8 Å². The van der Waals surface area contributed by atoms with E-state index >= 15 is 0 Å². The smallest absolute Gasteiger partial charge is 0.338 e. The normalized spacial score (nSPS) is 20.9. The number of hydrogen-bond donors (Lipinski definition) is 2. The molecule has 1 aromatic carbocycles. The molecule has 2 atom stereocenters. The van der Waals surface area contributed by atoms with Crippen molar-refractivity contribution in [1.29, 1.82) is 0 Å². The summed E-state index contributed by atoms with van der Waals surface area (Å²) in [6.07, 6.45) is 0.794. The van der Waals surface area contributed by atoms with Crippen LogP contribution in [0.3, 0.4) is 0 Å². The van der Waals surface area contributed by atoms with Crippen molar-refractivity contribution in [2.24, 2.45) is 5.92 Å². The Morgan fingerprint density at radius 2 is 1.90 bits per heavy atom. The summed E-state index contributed by atoms with van der Waals surface area (Å²) in [4.78, 5) is 50.5. The molecule has 3 amide bonds. The largest absolute Gasteiger partial charge is 0.463 e. The van der Waals surface area contributed by atoms with Crippen LogP contribution in [0.5, 0.6) is 0 Å². The predicted octanol–water partition coefficient (Wildman–Crippen LogP) is 1.14. The molecule has 9 heteroatoms. The first-order valence-corrected chi connectivity index (χ1v) is 10.3. The highest BCUT2D eigenvalue weighted by Crippen LogP contribution is 2.21. The number of benzene rings is 1. The number of urea groups is 1. The van der Waals surface area contributed by atoms with Gasteiger partial charge in [0, 0.05) is 19.5 Å². The molecule has 3 rings (SSSR count). The first-order valence-electron chi connectivity index (χ1n) is 10.3. The molecule has 1 aromatic rings. The second-order valence-electron chi connectivity index (χ2n) is 7.52. The Kier molecular flexibility index (Phi) is 7.28. The number of hydrogen-bond acceptors (Lipinski definition) is 6. The lowest BCUT2D eigenvalue weighted by molar-refractivity contribution is -0.148. The minimum Gasteiger partial charge on any atom is -0.463 e. The monoisotopic (exact) mass is 429 g/mol. The van der Waals surface area contributed by atoms with Gasteiger partial charge in [-0.2, -0.15) is 0 Å². The summed E-state index contributed by atoms with van der Waals surface area (Å²) >= 11 is 0. The standard InChI is InChI=1S/C22H27N3O6/c1-3-30-21(28)19-14(2)23-22(29)24-17(19)13-31-20(27)16-11-18(26)25(12-16)10-9-15-7-5-4-6-8-15/h4-8,14,16H,3,9-13H2,1-2H3,(H2,23,24,29)/t14-,16-/m1/s1. The molecule has 0 unspecified atom stereocenters. The third kappa shape index (κ3) is 5.62. The summed E-state index contributed by atoms with van der Waals surface area (Å²) in [5.41, 5.74) is 1.52. The number of ether oxygens (including phenoxy) is 2. The maximum absolute atomic E-state index is 12.6. The fourth-order valence-corrected chi connectivity index (χ4v) is 3.71. The number of esters is 2. The first kappa shape index (κ1) is 22.3. The summed E-state index contributed by atoms with van der Waals surface area (Å²) in [5, 5.41) is 5.09. The van der Waals surface area contributed by atoms with Crippen molar-refractivity contribution in [1.82, 2.24) is 15.5 Å². The molecular weight excluding hydrogens is 402 g/mol. The van der Waals surface area contributed by atoms with Crippen molar-refractivity contribution < 1.29 is 28.7 Å². The van der Waals surface area contributed by atoms with Gasteiger partial charge in [-0.3, -0.25) is 9.59 Å². The summed E-state index contributed by atoms with van der Waals surface area (Å²) in [5.74, 6) is -1.79. The van der Waals surface area contributed by atoms with E-state index in [1.807, 2.05) is 30.3 Å². The van der Waals surface area contributed by atoms with Gasteiger partial charge in [0.2, 0.25) is 5.91 Å². The van der Waals surface area contributed by atoms with Gasteiger partial charge in [0.1, 0.15) is 6.61 Å². The lowest BCUT2D eigenvalue weighted by Gasteiger charge is -2.26. The highest BCUT2D eigenvalue weighted by molar-refractivity contribution is 5.95. The Labute approximate surface area is 180 Å². The van der Waals surface area contributed by atoms with Gasteiger partial charge in [-0.15, -0.1) is 0 Å². The maximum Gasteiger partial charge on any atom is 0.338 e. The fraction of sp³-hybridized carbons (Fsp3) is 0.455. The zero-order chi connectivity index (χ0) is 22.4. The molecule has 166 valence electrons. The molecule has 1 fully saturated rings. The van der Waals surface area contributed by atoms with Crippen molar-refractivity contribution in [3.05, 3.63) is 47.2 Å². The number of carbonyl (C=O) groups excluding carboxylic acids is 4. The SMILES string of the molecule is CCOC(=O)C1=C(COC(=O)[C@@H]2CC(=O)N(CCc3ccccc3)C2)NC(=O)N[C@@H]1C. The number of nitrogens with one attached hydrogen (secondary N) is 2.